The number of nitrogens with zero attached hydrogens (tertiary/aromatic N) is 1. The molecule has 4 heteroatoms. The van der Waals surface area contributed by atoms with Crippen molar-refractivity contribution in [2.45, 2.75) is 0 Å². The highest BCUT2D eigenvalue weighted by Gasteiger charge is 2.02. The normalized spacial score (nSPS) is 10.6. The van der Waals surface area contributed by atoms with Gasteiger partial charge in [0.05, 0.1) is 12.0 Å². The van der Waals surface area contributed by atoms with Crippen LogP contribution >= 0.6 is 0 Å². The Kier molecular flexibility index (Phi) is 3.93. The van der Waals surface area contributed by atoms with Gasteiger partial charge in [0.1, 0.15) is 5.75 Å². The van der Waals surface area contributed by atoms with E-state index in [0.717, 1.165) is 16.9 Å². The Labute approximate surface area is 111 Å². The fraction of sp³-hybridized carbons (Fsp3) is 0.0667. The monoisotopic (exact) mass is 254 g/mol. The largest absolute Gasteiger partial charge is 0.497 e. The van der Waals surface area contributed by atoms with E-state index in [2.05, 4.69) is 6.08 Å². The maximum absolute atomic E-state index is 10.5. The highest BCUT2D eigenvalue weighted by Crippen LogP contribution is 2.15. The molecule has 0 N–H and O–H groups in total. The Morgan fingerprint density at radius 2 is 1.74 bits per heavy atom. The fourth-order valence-corrected chi connectivity index (χ4v) is 1.55. The first-order valence-electron chi connectivity index (χ1n) is 5.67. The first-order chi connectivity index (χ1) is 9.19. The number of methoxy groups -OCH3 is 1. The number of benzene rings is 2. The number of rotatable bonds is 4. The van der Waals surface area contributed by atoms with Crippen molar-refractivity contribution >= 4 is 11.8 Å². The Morgan fingerprint density at radius 1 is 1.11 bits per heavy atom. The SMILES string of the molecule is COc1ccc([C]=Cc2ccc([N+](=O)[O-])cc2)cc1. The van der Waals surface area contributed by atoms with E-state index in [4.69, 9.17) is 4.74 Å². The van der Waals surface area contributed by atoms with Crippen molar-refractivity contribution in [3.8, 4) is 5.75 Å². The van der Waals surface area contributed by atoms with Gasteiger partial charge >= 0.3 is 0 Å². The zero-order valence-corrected chi connectivity index (χ0v) is 10.4. The van der Waals surface area contributed by atoms with E-state index in [-0.39, 0.29) is 5.69 Å². The van der Waals surface area contributed by atoms with Crippen LogP contribution in [-0.4, -0.2) is 12.0 Å². The van der Waals surface area contributed by atoms with Gasteiger partial charge in [-0.1, -0.05) is 12.1 Å². The van der Waals surface area contributed by atoms with Crippen molar-refractivity contribution in [1.29, 1.82) is 0 Å². The van der Waals surface area contributed by atoms with Crippen LogP contribution < -0.4 is 4.74 Å². The van der Waals surface area contributed by atoms with E-state index in [0.29, 0.717) is 0 Å². The van der Waals surface area contributed by atoms with Gasteiger partial charge in [0.15, 0.2) is 0 Å². The fourth-order valence-electron chi connectivity index (χ4n) is 1.55. The molecule has 2 aromatic carbocycles. The second-order valence-electron chi connectivity index (χ2n) is 3.87. The molecule has 0 bridgehead atoms. The van der Waals surface area contributed by atoms with Crippen LogP contribution in [-0.2, 0) is 0 Å². The third-order valence-corrected chi connectivity index (χ3v) is 2.60. The maximum Gasteiger partial charge on any atom is 0.269 e. The molecule has 0 fully saturated rings. The molecular weight excluding hydrogens is 242 g/mol. The molecule has 0 aliphatic carbocycles. The van der Waals surface area contributed by atoms with Crippen LogP contribution in [0.4, 0.5) is 5.69 Å². The number of nitro groups is 1. The smallest absolute Gasteiger partial charge is 0.269 e. The lowest BCUT2D eigenvalue weighted by molar-refractivity contribution is -0.384. The lowest BCUT2D eigenvalue weighted by Gasteiger charge is -1.98. The highest BCUT2D eigenvalue weighted by atomic mass is 16.6. The molecule has 2 rings (SSSR count). The molecule has 0 aliphatic heterocycles. The number of non-ortho nitro benzene ring substituents is 1. The summed E-state index contributed by atoms with van der Waals surface area (Å²) in [7, 11) is 1.62. The van der Waals surface area contributed by atoms with Crippen molar-refractivity contribution < 1.29 is 9.66 Å². The summed E-state index contributed by atoms with van der Waals surface area (Å²) in [6, 6.07) is 13.8. The van der Waals surface area contributed by atoms with E-state index in [1.807, 2.05) is 24.3 Å². The molecule has 95 valence electrons. The minimum Gasteiger partial charge on any atom is -0.497 e. The van der Waals surface area contributed by atoms with E-state index in [1.54, 1.807) is 25.3 Å². The van der Waals surface area contributed by atoms with E-state index >= 15 is 0 Å². The van der Waals surface area contributed by atoms with Gasteiger partial charge in [-0.15, -0.1) is 0 Å². The number of hydrogen-bond acceptors (Lipinski definition) is 3. The van der Waals surface area contributed by atoms with Crippen molar-refractivity contribution in [3.05, 3.63) is 75.8 Å². The Morgan fingerprint density at radius 3 is 2.26 bits per heavy atom. The standard InChI is InChI=1S/C15H12NO3/c1-19-15-10-6-13(7-11-15)3-2-12-4-8-14(9-5-12)16(17)18/h2,4-11H,1H3. The van der Waals surface area contributed by atoms with Gasteiger partial charge in [0, 0.05) is 12.1 Å². The summed E-state index contributed by atoms with van der Waals surface area (Å²) < 4.78 is 5.07. The van der Waals surface area contributed by atoms with E-state index in [1.165, 1.54) is 12.1 Å². The molecule has 19 heavy (non-hydrogen) atoms. The molecule has 0 amide bonds. The van der Waals surface area contributed by atoms with Crippen LogP contribution in [0.15, 0.2) is 48.5 Å². The van der Waals surface area contributed by atoms with Gasteiger partial charge in [-0.05, 0) is 47.5 Å². The summed E-state index contributed by atoms with van der Waals surface area (Å²) in [5.74, 6) is 0.792. The molecule has 0 heterocycles. The molecule has 0 aliphatic rings. The van der Waals surface area contributed by atoms with Gasteiger partial charge in [-0.25, -0.2) is 0 Å². The summed E-state index contributed by atoms with van der Waals surface area (Å²) in [6.45, 7) is 0. The van der Waals surface area contributed by atoms with Crippen LogP contribution in [0.2, 0.25) is 0 Å². The summed E-state index contributed by atoms with van der Waals surface area (Å²) in [4.78, 5) is 10.1. The summed E-state index contributed by atoms with van der Waals surface area (Å²) in [5, 5.41) is 10.5. The molecule has 0 aromatic heterocycles. The molecule has 0 saturated heterocycles. The topological polar surface area (TPSA) is 52.4 Å². The molecule has 0 spiro atoms. The van der Waals surface area contributed by atoms with Gasteiger partial charge in [0.25, 0.3) is 5.69 Å². The number of nitro benzene ring substituents is 1. The second-order valence-corrected chi connectivity index (χ2v) is 3.87. The predicted molar refractivity (Wildman–Crippen MR) is 72.9 cm³/mol. The third-order valence-electron chi connectivity index (χ3n) is 2.60. The Hall–Kier alpha value is -2.62. The molecule has 2 aromatic rings. The zero-order chi connectivity index (χ0) is 13.7. The second kappa shape index (κ2) is 5.82. The first kappa shape index (κ1) is 12.8. The number of ether oxygens (including phenoxy) is 1. The molecule has 0 unspecified atom stereocenters. The first-order valence-corrected chi connectivity index (χ1v) is 5.67. The van der Waals surface area contributed by atoms with Gasteiger partial charge < -0.3 is 4.74 Å². The zero-order valence-electron chi connectivity index (χ0n) is 10.4. The van der Waals surface area contributed by atoms with Crippen LogP contribution in [0.5, 0.6) is 5.75 Å². The van der Waals surface area contributed by atoms with Crippen LogP contribution in [0.3, 0.4) is 0 Å². The van der Waals surface area contributed by atoms with Crippen molar-refractivity contribution in [3.63, 3.8) is 0 Å². The average molecular weight is 254 g/mol. The van der Waals surface area contributed by atoms with Crippen molar-refractivity contribution in [2.24, 2.45) is 0 Å². The minimum atomic E-state index is -0.416. The molecular formula is C15H12NO3. The number of hydrogen-bond donors (Lipinski definition) is 0. The van der Waals surface area contributed by atoms with Crippen molar-refractivity contribution in [1.82, 2.24) is 0 Å². The molecule has 1 radical (unpaired) electrons. The average Bonchev–Trinajstić information content (AvgIpc) is 2.46. The van der Waals surface area contributed by atoms with E-state index in [9.17, 15) is 10.1 Å². The molecule has 0 atom stereocenters. The summed E-state index contributed by atoms with van der Waals surface area (Å²) >= 11 is 0. The molecule has 0 saturated carbocycles. The van der Waals surface area contributed by atoms with Crippen LogP contribution in [0.25, 0.3) is 6.08 Å². The van der Waals surface area contributed by atoms with Gasteiger partial charge in [-0.3, -0.25) is 10.1 Å². The maximum atomic E-state index is 10.5. The van der Waals surface area contributed by atoms with Gasteiger partial charge in [0.2, 0.25) is 0 Å². The predicted octanol–water partition coefficient (Wildman–Crippen LogP) is 3.47. The quantitative estimate of drug-likeness (QED) is 0.477. The molecule has 4 nitrogen and oxygen atoms in total. The highest BCUT2D eigenvalue weighted by molar-refractivity contribution is 5.53. The van der Waals surface area contributed by atoms with Crippen molar-refractivity contribution in [2.75, 3.05) is 7.11 Å². The third kappa shape index (κ3) is 3.42. The summed E-state index contributed by atoms with van der Waals surface area (Å²) in [6.07, 6.45) is 4.89. The minimum absolute atomic E-state index is 0.0848. The van der Waals surface area contributed by atoms with Gasteiger partial charge in [-0.2, -0.15) is 0 Å². The lowest BCUT2D eigenvalue weighted by atomic mass is 10.1. The van der Waals surface area contributed by atoms with E-state index < -0.39 is 4.92 Å². The lowest BCUT2D eigenvalue weighted by Crippen LogP contribution is -1.86. The Balaban J connectivity index is 2.10. The van der Waals surface area contributed by atoms with Crippen LogP contribution in [0.1, 0.15) is 11.1 Å². The Bertz CT molecular complexity index is 586. The van der Waals surface area contributed by atoms with Crippen LogP contribution in [0, 0.1) is 16.2 Å². The summed E-state index contributed by atoms with van der Waals surface area (Å²) in [5.41, 5.74) is 1.86.